The van der Waals surface area contributed by atoms with Crippen molar-refractivity contribution >= 4 is 29.3 Å². The number of nitrogens with one attached hydrogen (secondary N) is 1. The predicted octanol–water partition coefficient (Wildman–Crippen LogP) is 2.97. The number of hydrogen-bond acceptors (Lipinski definition) is 5. The summed E-state index contributed by atoms with van der Waals surface area (Å²) in [7, 11) is 1.87. The van der Waals surface area contributed by atoms with Crippen molar-refractivity contribution in [3.05, 3.63) is 29.3 Å². The van der Waals surface area contributed by atoms with Crippen molar-refractivity contribution in [3.8, 4) is 0 Å². The molecular formula is C27H42N4O4. The maximum atomic E-state index is 12.5. The van der Waals surface area contributed by atoms with E-state index in [9.17, 15) is 19.2 Å². The summed E-state index contributed by atoms with van der Waals surface area (Å²) in [5.41, 5.74) is 3.31. The summed E-state index contributed by atoms with van der Waals surface area (Å²) in [6, 6.07) is 6.22. The second kappa shape index (κ2) is 12.8. The molecule has 1 aromatic carbocycles. The predicted molar refractivity (Wildman–Crippen MR) is 138 cm³/mol. The lowest BCUT2D eigenvalue weighted by molar-refractivity contribution is -0.137. The van der Waals surface area contributed by atoms with Gasteiger partial charge in [-0.2, -0.15) is 0 Å². The van der Waals surface area contributed by atoms with Crippen molar-refractivity contribution in [2.24, 2.45) is 17.8 Å². The van der Waals surface area contributed by atoms with Crippen LogP contribution in [0.3, 0.4) is 0 Å². The molecule has 0 aromatic heterocycles. The summed E-state index contributed by atoms with van der Waals surface area (Å²) in [5.74, 6) is 0.141. The largest absolute Gasteiger partial charge is 0.340 e. The fraction of sp³-hybridized carbons (Fsp3) is 0.630. The maximum Gasteiger partial charge on any atom is 0.229 e. The zero-order chi connectivity index (χ0) is 26.3. The molecule has 4 amide bonds. The van der Waals surface area contributed by atoms with E-state index >= 15 is 0 Å². The zero-order valence-corrected chi connectivity index (χ0v) is 22.4. The van der Waals surface area contributed by atoms with Gasteiger partial charge in [-0.05, 0) is 24.5 Å². The van der Waals surface area contributed by atoms with Gasteiger partial charge in [0.25, 0.3) is 0 Å². The van der Waals surface area contributed by atoms with E-state index in [1.165, 1.54) is 5.56 Å². The Morgan fingerprint density at radius 3 is 2.20 bits per heavy atom. The van der Waals surface area contributed by atoms with Gasteiger partial charge in [0.2, 0.25) is 23.6 Å². The first-order valence-corrected chi connectivity index (χ1v) is 12.6. The number of imide groups is 1. The number of aryl methyl sites for hydroxylation is 1. The van der Waals surface area contributed by atoms with Crippen LogP contribution in [0.5, 0.6) is 0 Å². The highest BCUT2D eigenvalue weighted by atomic mass is 16.2. The van der Waals surface area contributed by atoms with Crippen molar-refractivity contribution in [1.82, 2.24) is 15.1 Å². The van der Waals surface area contributed by atoms with Gasteiger partial charge in [-0.15, -0.1) is 0 Å². The van der Waals surface area contributed by atoms with Gasteiger partial charge in [-0.25, -0.2) is 0 Å². The molecule has 0 saturated carbocycles. The summed E-state index contributed by atoms with van der Waals surface area (Å²) in [4.78, 5) is 51.9. The Balaban J connectivity index is 0.000000402. The van der Waals surface area contributed by atoms with Gasteiger partial charge in [0.05, 0.1) is 5.69 Å². The van der Waals surface area contributed by atoms with Crippen LogP contribution in [-0.2, 0) is 25.7 Å². The van der Waals surface area contributed by atoms with Crippen LogP contribution >= 0.6 is 0 Å². The number of carbonyl (C=O) groups excluding carboxylic acids is 4. The molecule has 35 heavy (non-hydrogen) atoms. The molecule has 194 valence electrons. The second-order valence-corrected chi connectivity index (χ2v) is 10.2. The van der Waals surface area contributed by atoms with Crippen LogP contribution in [0.4, 0.5) is 5.69 Å². The first kappa shape index (κ1) is 28.5. The van der Waals surface area contributed by atoms with E-state index in [1.807, 2.05) is 46.6 Å². The summed E-state index contributed by atoms with van der Waals surface area (Å²) < 4.78 is 0. The van der Waals surface area contributed by atoms with Crippen LogP contribution in [0.1, 0.15) is 58.6 Å². The first-order chi connectivity index (χ1) is 16.4. The molecule has 1 unspecified atom stereocenters. The van der Waals surface area contributed by atoms with Crippen molar-refractivity contribution < 1.29 is 19.2 Å². The molecule has 2 saturated heterocycles. The van der Waals surface area contributed by atoms with Crippen LogP contribution in [0.25, 0.3) is 0 Å². The molecule has 3 rings (SSSR count). The lowest BCUT2D eigenvalue weighted by Gasteiger charge is -2.36. The van der Waals surface area contributed by atoms with Gasteiger partial charge < -0.3 is 9.80 Å². The van der Waals surface area contributed by atoms with E-state index in [2.05, 4.69) is 35.3 Å². The zero-order valence-electron chi connectivity index (χ0n) is 22.4. The van der Waals surface area contributed by atoms with Gasteiger partial charge in [0.15, 0.2) is 0 Å². The number of piperidine rings is 1. The molecule has 0 bridgehead atoms. The topological polar surface area (TPSA) is 90.0 Å². The maximum absolute atomic E-state index is 12.5. The normalized spacial score (nSPS) is 18.8. The Hall–Kier alpha value is -2.74. The van der Waals surface area contributed by atoms with E-state index in [-0.39, 0.29) is 41.4 Å². The number of nitrogens with zero attached hydrogens (tertiary/aromatic N) is 3. The highest BCUT2D eigenvalue weighted by molar-refractivity contribution is 5.98. The fourth-order valence-electron chi connectivity index (χ4n) is 4.36. The molecule has 0 radical (unpaired) electrons. The molecule has 0 aliphatic carbocycles. The summed E-state index contributed by atoms with van der Waals surface area (Å²) in [6.07, 6.45) is 1.19. The minimum Gasteiger partial charge on any atom is -0.340 e. The Bertz CT molecular complexity index is 920. The lowest BCUT2D eigenvalue weighted by atomic mass is 10.0. The van der Waals surface area contributed by atoms with Crippen LogP contribution < -0.4 is 10.2 Å². The van der Waals surface area contributed by atoms with E-state index in [4.69, 9.17) is 0 Å². The molecule has 2 aliphatic rings. The quantitative estimate of drug-likeness (QED) is 0.647. The Labute approximate surface area is 210 Å². The molecule has 2 aliphatic heterocycles. The highest BCUT2D eigenvalue weighted by Gasteiger charge is 2.25. The van der Waals surface area contributed by atoms with Crippen molar-refractivity contribution in [2.45, 2.75) is 60.9 Å². The number of piperazine rings is 1. The van der Waals surface area contributed by atoms with Gasteiger partial charge >= 0.3 is 0 Å². The van der Waals surface area contributed by atoms with Crippen molar-refractivity contribution in [3.63, 3.8) is 0 Å². The number of rotatable bonds is 5. The molecular weight excluding hydrogens is 444 g/mol. The molecule has 2 fully saturated rings. The Morgan fingerprint density at radius 1 is 1.06 bits per heavy atom. The molecule has 1 aromatic rings. The molecule has 0 spiro atoms. The lowest BCUT2D eigenvalue weighted by Crippen LogP contribution is -2.49. The summed E-state index contributed by atoms with van der Waals surface area (Å²) >= 11 is 0. The van der Waals surface area contributed by atoms with E-state index < -0.39 is 0 Å². The van der Waals surface area contributed by atoms with E-state index in [0.29, 0.717) is 12.8 Å². The standard InChI is InChI=1S/C21H33N3O2.C6H9NO2/c1-15(2)20(25)22(6)19-17(5)8-7-9-18(19)14-23-10-12-24(13-11-23)21(26)16(3)4;1-4-2-3-5(8)7-6(4)9/h7-9,15-16H,10-14H2,1-6H3;4H,2-3H2,1H3,(H,7,8,9). The highest BCUT2D eigenvalue weighted by Crippen LogP contribution is 2.27. The summed E-state index contributed by atoms with van der Waals surface area (Å²) in [5, 5.41) is 2.25. The fourth-order valence-corrected chi connectivity index (χ4v) is 4.36. The Morgan fingerprint density at radius 2 is 1.69 bits per heavy atom. The van der Waals surface area contributed by atoms with Crippen LogP contribution in [0.2, 0.25) is 0 Å². The molecule has 1 N–H and O–H groups in total. The second-order valence-electron chi connectivity index (χ2n) is 10.2. The van der Waals surface area contributed by atoms with E-state index in [0.717, 1.165) is 44.0 Å². The minimum absolute atomic E-state index is 0.0164. The molecule has 2 heterocycles. The van der Waals surface area contributed by atoms with Crippen molar-refractivity contribution in [1.29, 1.82) is 0 Å². The van der Waals surface area contributed by atoms with Crippen molar-refractivity contribution in [2.75, 3.05) is 38.1 Å². The molecule has 1 atom stereocenters. The third-order valence-electron chi connectivity index (χ3n) is 6.57. The van der Waals surface area contributed by atoms with E-state index in [1.54, 1.807) is 4.90 Å². The van der Waals surface area contributed by atoms with Crippen LogP contribution in [0.15, 0.2) is 18.2 Å². The van der Waals surface area contributed by atoms with Gasteiger partial charge in [-0.1, -0.05) is 52.8 Å². The number of amides is 4. The van der Waals surface area contributed by atoms with Gasteiger partial charge in [0, 0.05) is 63.9 Å². The third-order valence-corrected chi connectivity index (χ3v) is 6.57. The molecule has 8 heteroatoms. The number of carbonyl (C=O) groups is 4. The third kappa shape index (κ3) is 7.88. The summed E-state index contributed by atoms with van der Waals surface area (Å²) in [6.45, 7) is 15.7. The number of benzene rings is 1. The molecule has 8 nitrogen and oxygen atoms in total. The average Bonchev–Trinajstić information content (AvgIpc) is 2.81. The smallest absolute Gasteiger partial charge is 0.229 e. The van der Waals surface area contributed by atoms with Crippen LogP contribution in [-0.4, -0.2) is 66.7 Å². The SMILES string of the molecule is CC1CCC(=O)NC1=O.Cc1cccc(CN2CCN(C(=O)C(C)C)CC2)c1N(C)C(=O)C(C)C. The number of anilines is 1. The van der Waals surface area contributed by atoms with Crippen LogP contribution in [0, 0.1) is 24.7 Å². The minimum atomic E-state index is -0.141. The number of hydrogen-bond donors (Lipinski definition) is 1. The van der Waals surface area contributed by atoms with Gasteiger partial charge in [0.1, 0.15) is 0 Å². The average molecular weight is 487 g/mol. The number of para-hydroxylation sites is 1. The monoisotopic (exact) mass is 486 g/mol. The first-order valence-electron chi connectivity index (χ1n) is 12.6. The van der Waals surface area contributed by atoms with Gasteiger partial charge in [-0.3, -0.25) is 29.4 Å². The Kier molecular flexibility index (Phi) is 10.4.